The molecule has 176 valence electrons. The van der Waals surface area contributed by atoms with Crippen molar-refractivity contribution >= 4 is 35.6 Å². The van der Waals surface area contributed by atoms with Gasteiger partial charge in [-0.05, 0) is 25.7 Å². The summed E-state index contributed by atoms with van der Waals surface area (Å²) in [6.07, 6.45) is -1.23. The molecule has 13 heteroatoms. The summed E-state index contributed by atoms with van der Waals surface area (Å²) in [4.78, 5) is 69.6. The van der Waals surface area contributed by atoms with E-state index in [0.717, 1.165) is 0 Å². The Labute approximate surface area is 178 Å². The van der Waals surface area contributed by atoms with Crippen molar-refractivity contribution in [3.63, 3.8) is 0 Å². The van der Waals surface area contributed by atoms with Gasteiger partial charge in [0.15, 0.2) is 0 Å². The Bertz CT molecular complexity index is 696. The largest absolute Gasteiger partial charge is 0.481 e. The molecule has 0 radical (unpaired) electrons. The molecule has 0 saturated heterocycles. The van der Waals surface area contributed by atoms with Crippen LogP contribution in [0, 0.1) is 5.92 Å². The molecule has 0 saturated carbocycles. The van der Waals surface area contributed by atoms with Crippen molar-refractivity contribution in [2.45, 2.75) is 70.6 Å². The average molecular weight is 446 g/mol. The number of amides is 3. The van der Waals surface area contributed by atoms with Gasteiger partial charge in [-0.15, -0.1) is 0 Å². The maximum atomic E-state index is 12.4. The summed E-state index contributed by atoms with van der Waals surface area (Å²) < 4.78 is 0. The Kier molecular flexibility index (Phi) is 11.8. The first kappa shape index (κ1) is 27.8. The third-order valence-corrected chi connectivity index (χ3v) is 4.09. The van der Waals surface area contributed by atoms with Crippen molar-refractivity contribution in [1.29, 1.82) is 0 Å². The van der Waals surface area contributed by atoms with Crippen molar-refractivity contribution in [2.24, 2.45) is 11.7 Å². The normalized spacial score (nSPS) is 14.6. The summed E-state index contributed by atoms with van der Waals surface area (Å²) in [6, 6.07) is -5.26. The highest BCUT2D eigenvalue weighted by Crippen LogP contribution is 2.06. The van der Waals surface area contributed by atoms with Crippen LogP contribution in [-0.2, 0) is 28.8 Å². The molecule has 0 spiro atoms. The van der Waals surface area contributed by atoms with Gasteiger partial charge in [0.25, 0.3) is 0 Å². The van der Waals surface area contributed by atoms with E-state index in [1.165, 1.54) is 6.92 Å². The Morgan fingerprint density at radius 1 is 0.774 bits per heavy atom. The molecular formula is C18H30N4O9. The van der Waals surface area contributed by atoms with Gasteiger partial charge in [-0.2, -0.15) is 0 Å². The van der Waals surface area contributed by atoms with Gasteiger partial charge in [-0.25, -0.2) is 4.79 Å². The summed E-state index contributed by atoms with van der Waals surface area (Å²) >= 11 is 0. The second-order valence-corrected chi connectivity index (χ2v) is 7.46. The fraction of sp³-hybridized carbons (Fsp3) is 0.667. The molecule has 0 aliphatic rings. The predicted molar refractivity (Wildman–Crippen MR) is 106 cm³/mol. The lowest BCUT2D eigenvalue weighted by atomic mass is 10.0. The van der Waals surface area contributed by atoms with Crippen LogP contribution in [0.3, 0.4) is 0 Å². The Hall–Kier alpha value is -3.22. The van der Waals surface area contributed by atoms with E-state index in [9.17, 15) is 33.9 Å². The van der Waals surface area contributed by atoms with Gasteiger partial charge in [0.05, 0.1) is 12.5 Å². The van der Waals surface area contributed by atoms with Gasteiger partial charge < -0.3 is 37.0 Å². The van der Waals surface area contributed by atoms with E-state index in [1.807, 2.05) is 0 Å². The van der Waals surface area contributed by atoms with Gasteiger partial charge in [0.1, 0.15) is 18.1 Å². The van der Waals surface area contributed by atoms with Crippen LogP contribution in [0.15, 0.2) is 0 Å². The van der Waals surface area contributed by atoms with Crippen molar-refractivity contribution in [3.05, 3.63) is 0 Å². The van der Waals surface area contributed by atoms with Crippen LogP contribution in [0.5, 0.6) is 0 Å². The lowest BCUT2D eigenvalue weighted by Gasteiger charge is -2.23. The molecule has 3 amide bonds. The van der Waals surface area contributed by atoms with Crippen LogP contribution in [0.2, 0.25) is 0 Å². The molecule has 8 N–H and O–H groups in total. The second kappa shape index (κ2) is 13.2. The van der Waals surface area contributed by atoms with Gasteiger partial charge in [-0.3, -0.25) is 24.0 Å². The summed E-state index contributed by atoms with van der Waals surface area (Å²) in [5.41, 5.74) is 5.55. The van der Waals surface area contributed by atoms with Crippen molar-refractivity contribution < 1.29 is 44.1 Å². The first-order valence-electron chi connectivity index (χ1n) is 9.57. The summed E-state index contributed by atoms with van der Waals surface area (Å²) in [5.74, 6) is -6.65. The molecule has 0 aliphatic carbocycles. The number of hydrogen-bond donors (Lipinski definition) is 7. The maximum Gasteiger partial charge on any atom is 0.326 e. The quantitative estimate of drug-likeness (QED) is 0.159. The van der Waals surface area contributed by atoms with E-state index < -0.39 is 66.2 Å². The molecule has 0 fully saturated rings. The fourth-order valence-electron chi connectivity index (χ4n) is 2.44. The predicted octanol–water partition coefficient (Wildman–Crippen LogP) is -1.74. The van der Waals surface area contributed by atoms with Gasteiger partial charge >= 0.3 is 17.9 Å². The number of carbonyl (C=O) groups is 6. The number of hydrogen-bond acceptors (Lipinski definition) is 7. The summed E-state index contributed by atoms with van der Waals surface area (Å²) in [5, 5.41) is 33.5. The first-order chi connectivity index (χ1) is 14.2. The Morgan fingerprint density at radius 3 is 1.77 bits per heavy atom. The molecule has 0 aromatic carbocycles. The van der Waals surface area contributed by atoms with Gasteiger partial charge in [0.2, 0.25) is 17.7 Å². The zero-order valence-electron chi connectivity index (χ0n) is 17.6. The molecule has 0 rings (SSSR count). The van der Waals surface area contributed by atoms with Crippen molar-refractivity contribution in [2.75, 3.05) is 0 Å². The zero-order valence-corrected chi connectivity index (χ0v) is 17.6. The molecule has 4 unspecified atom stereocenters. The number of nitrogens with two attached hydrogens (primary N) is 1. The lowest BCUT2D eigenvalue weighted by molar-refractivity contribution is -0.144. The van der Waals surface area contributed by atoms with Crippen LogP contribution in [-0.4, -0.2) is 75.1 Å². The Balaban J connectivity index is 5.08. The number of carboxylic acid groups (broad SMARTS) is 3. The minimum absolute atomic E-state index is 0.0746. The molecular weight excluding hydrogens is 416 g/mol. The molecule has 0 heterocycles. The summed E-state index contributed by atoms with van der Waals surface area (Å²) in [6.45, 7) is 4.74. The summed E-state index contributed by atoms with van der Waals surface area (Å²) in [7, 11) is 0. The first-order valence-corrected chi connectivity index (χ1v) is 9.57. The topological polar surface area (TPSA) is 225 Å². The molecule has 13 nitrogen and oxygen atoms in total. The number of carboxylic acids is 3. The molecule has 0 aromatic heterocycles. The van der Waals surface area contributed by atoms with Crippen LogP contribution in [0.1, 0.15) is 46.5 Å². The van der Waals surface area contributed by atoms with Crippen LogP contribution >= 0.6 is 0 Å². The lowest BCUT2D eigenvalue weighted by Crippen LogP contribution is -2.56. The van der Waals surface area contributed by atoms with Crippen molar-refractivity contribution in [3.8, 4) is 0 Å². The van der Waals surface area contributed by atoms with Crippen molar-refractivity contribution in [1.82, 2.24) is 16.0 Å². The number of rotatable bonds is 14. The third kappa shape index (κ3) is 11.5. The van der Waals surface area contributed by atoms with E-state index in [4.69, 9.17) is 15.9 Å². The monoisotopic (exact) mass is 446 g/mol. The highest BCUT2D eigenvalue weighted by molar-refractivity contribution is 5.95. The van der Waals surface area contributed by atoms with Gasteiger partial charge in [-0.1, -0.05) is 13.8 Å². The number of aliphatic carboxylic acids is 3. The molecule has 0 bridgehead atoms. The SMILES string of the molecule is CC(C)CC(NC(=O)C(CC(=O)O)NC(=O)C(C)NC(=O)C(N)CCC(=O)O)C(=O)O. The van der Waals surface area contributed by atoms with E-state index in [0.29, 0.717) is 0 Å². The minimum Gasteiger partial charge on any atom is -0.481 e. The molecule has 0 aliphatic heterocycles. The Morgan fingerprint density at radius 2 is 1.32 bits per heavy atom. The smallest absolute Gasteiger partial charge is 0.326 e. The van der Waals surface area contributed by atoms with Gasteiger partial charge in [0, 0.05) is 6.42 Å². The van der Waals surface area contributed by atoms with Crippen LogP contribution < -0.4 is 21.7 Å². The minimum atomic E-state index is -1.58. The third-order valence-electron chi connectivity index (χ3n) is 4.09. The number of carbonyl (C=O) groups excluding carboxylic acids is 3. The highest BCUT2D eigenvalue weighted by atomic mass is 16.4. The number of nitrogens with one attached hydrogen (secondary N) is 3. The molecule has 0 aromatic rings. The van der Waals surface area contributed by atoms with E-state index >= 15 is 0 Å². The van der Waals surface area contributed by atoms with Crippen LogP contribution in [0.4, 0.5) is 0 Å². The highest BCUT2D eigenvalue weighted by Gasteiger charge is 2.30. The molecule has 31 heavy (non-hydrogen) atoms. The van der Waals surface area contributed by atoms with E-state index in [2.05, 4.69) is 16.0 Å². The second-order valence-electron chi connectivity index (χ2n) is 7.46. The standard InChI is InChI=1S/C18H30N4O9/c1-8(2)6-12(18(30)31)22-17(29)11(7-14(25)26)21-15(27)9(3)20-16(28)10(19)4-5-13(23)24/h8-12H,4-7,19H2,1-3H3,(H,20,28)(H,21,27)(H,22,29)(H,23,24)(H,25,26)(H,30,31). The average Bonchev–Trinajstić information content (AvgIpc) is 2.63. The van der Waals surface area contributed by atoms with E-state index in [-0.39, 0.29) is 25.2 Å². The zero-order chi connectivity index (χ0) is 24.3. The molecule has 4 atom stereocenters. The fourth-order valence-corrected chi connectivity index (χ4v) is 2.44. The van der Waals surface area contributed by atoms with Crippen LogP contribution in [0.25, 0.3) is 0 Å². The maximum absolute atomic E-state index is 12.4. The van der Waals surface area contributed by atoms with E-state index in [1.54, 1.807) is 13.8 Å².